The molecule has 1 aromatic carbocycles. The molecular formula is C17H18N4O2S. The fourth-order valence-electron chi connectivity index (χ4n) is 2.72. The molecule has 1 fully saturated rings. The number of fused-ring (bicyclic) bond motifs is 1. The summed E-state index contributed by atoms with van der Waals surface area (Å²) in [4.78, 5) is 21.4. The number of nitrogens with zero attached hydrogens (tertiary/aromatic N) is 3. The summed E-state index contributed by atoms with van der Waals surface area (Å²) in [5, 5.41) is 3.91. The smallest absolute Gasteiger partial charge is 0.291 e. The van der Waals surface area contributed by atoms with Crippen LogP contribution in [-0.2, 0) is 0 Å². The maximum atomic E-state index is 12.1. The number of rotatable bonds is 3. The van der Waals surface area contributed by atoms with Crippen molar-refractivity contribution < 1.29 is 9.21 Å². The molecule has 24 heavy (non-hydrogen) atoms. The lowest BCUT2D eigenvalue weighted by Crippen LogP contribution is -2.44. The Labute approximate surface area is 143 Å². The predicted molar refractivity (Wildman–Crippen MR) is 96.0 cm³/mol. The fraction of sp³-hybridized carbons (Fsp3) is 0.294. The van der Waals surface area contributed by atoms with E-state index in [2.05, 4.69) is 22.2 Å². The van der Waals surface area contributed by atoms with E-state index in [9.17, 15) is 4.79 Å². The van der Waals surface area contributed by atoms with Crippen molar-refractivity contribution in [3.63, 3.8) is 0 Å². The minimum absolute atomic E-state index is 0.247. The van der Waals surface area contributed by atoms with Crippen LogP contribution in [0.5, 0.6) is 0 Å². The van der Waals surface area contributed by atoms with Crippen molar-refractivity contribution in [2.75, 3.05) is 43.4 Å². The molecule has 0 saturated carbocycles. The zero-order valence-corrected chi connectivity index (χ0v) is 14.2. The Hall–Kier alpha value is -2.38. The Morgan fingerprint density at radius 1 is 1.25 bits per heavy atom. The van der Waals surface area contributed by atoms with Gasteiger partial charge in [-0.2, -0.15) is 0 Å². The third-order valence-electron chi connectivity index (χ3n) is 4.15. The van der Waals surface area contributed by atoms with Crippen LogP contribution in [0.15, 0.2) is 41.0 Å². The number of piperazine rings is 1. The summed E-state index contributed by atoms with van der Waals surface area (Å²) in [5.74, 6) is 0.0562. The van der Waals surface area contributed by atoms with Crippen LogP contribution >= 0.6 is 11.3 Å². The number of likely N-dealkylation sites (N-methyl/N-ethyl adjacent to an activating group) is 1. The van der Waals surface area contributed by atoms with Crippen molar-refractivity contribution in [1.82, 2.24) is 9.88 Å². The summed E-state index contributed by atoms with van der Waals surface area (Å²) >= 11 is 1.67. The number of thiazole rings is 1. The van der Waals surface area contributed by atoms with Gasteiger partial charge in [0.1, 0.15) is 0 Å². The minimum atomic E-state index is -0.247. The van der Waals surface area contributed by atoms with Crippen LogP contribution in [0.4, 0.5) is 10.8 Å². The van der Waals surface area contributed by atoms with Gasteiger partial charge in [0.2, 0.25) is 0 Å². The van der Waals surface area contributed by atoms with Gasteiger partial charge in [0.05, 0.1) is 16.5 Å². The molecule has 7 heteroatoms. The van der Waals surface area contributed by atoms with Gasteiger partial charge in [-0.3, -0.25) is 4.79 Å². The molecule has 6 nitrogen and oxygen atoms in total. The normalized spacial score (nSPS) is 15.8. The number of hydrogen-bond donors (Lipinski definition) is 1. The lowest BCUT2D eigenvalue weighted by Gasteiger charge is -2.31. The van der Waals surface area contributed by atoms with E-state index >= 15 is 0 Å². The van der Waals surface area contributed by atoms with Gasteiger partial charge in [-0.25, -0.2) is 4.98 Å². The molecule has 1 saturated heterocycles. The molecule has 0 atom stereocenters. The number of carbonyl (C=O) groups excluding carboxylic acids is 1. The zero-order chi connectivity index (χ0) is 16.5. The fourth-order valence-corrected chi connectivity index (χ4v) is 3.78. The van der Waals surface area contributed by atoms with Crippen molar-refractivity contribution in [3.8, 4) is 0 Å². The molecule has 0 spiro atoms. The number of anilines is 2. The Morgan fingerprint density at radius 3 is 2.83 bits per heavy atom. The first-order chi connectivity index (χ1) is 11.7. The quantitative estimate of drug-likeness (QED) is 0.793. The Balaban J connectivity index is 1.54. The Morgan fingerprint density at radius 2 is 2.08 bits per heavy atom. The van der Waals surface area contributed by atoms with E-state index in [1.807, 2.05) is 18.2 Å². The molecule has 1 N–H and O–H groups in total. The first kappa shape index (κ1) is 15.2. The second kappa shape index (κ2) is 6.26. The molecule has 1 amide bonds. The molecule has 0 aliphatic carbocycles. The van der Waals surface area contributed by atoms with Crippen molar-refractivity contribution in [1.29, 1.82) is 0 Å². The number of aromatic nitrogens is 1. The van der Waals surface area contributed by atoms with Gasteiger partial charge in [0.25, 0.3) is 5.91 Å². The molecule has 0 unspecified atom stereocenters. The van der Waals surface area contributed by atoms with Crippen LogP contribution in [0, 0.1) is 0 Å². The molecule has 2 aromatic heterocycles. The predicted octanol–water partition coefficient (Wildman–Crippen LogP) is 2.89. The minimum Gasteiger partial charge on any atom is -0.459 e. The van der Waals surface area contributed by atoms with Crippen LogP contribution in [0.1, 0.15) is 10.6 Å². The number of benzene rings is 1. The third-order valence-corrected chi connectivity index (χ3v) is 5.23. The van der Waals surface area contributed by atoms with Gasteiger partial charge in [-0.15, -0.1) is 0 Å². The first-order valence-electron chi connectivity index (χ1n) is 7.88. The first-order valence-corrected chi connectivity index (χ1v) is 8.70. The van der Waals surface area contributed by atoms with Crippen LogP contribution in [-0.4, -0.2) is 49.0 Å². The highest BCUT2D eigenvalue weighted by Crippen LogP contribution is 2.31. The van der Waals surface area contributed by atoms with Gasteiger partial charge in [0.15, 0.2) is 10.9 Å². The summed E-state index contributed by atoms with van der Waals surface area (Å²) < 4.78 is 6.19. The topological polar surface area (TPSA) is 61.6 Å². The zero-order valence-electron chi connectivity index (χ0n) is 13.4. The monoisotopic (exact) mass is 342 g/mol. The molecule has 3 heterocycles. The maximum Gasteiger partial charge on any atom is 0.291 e. The molecule has 0 radical (unpaired) electrons. The van der Waals surface area contributed by atoms with Gasteiger partial charge in [-0.05, 0) is 37.4 Å². The van der Waals surface area contributed by atoms with Gasteiger partial charge >= 0.3 is 0 Å². The highest BCUT2D eigenvalue weighted by molar-refractivity contribution is 7.22. The summed E-state index contributed by atoms with van der Waals surface area (Å²) in [5.41, 5.74) is 1.71. The summed E-state index contributed by atoms with van der Waals surface area (Å²) in [6.45, 7) is 4.11. The molecule has 4 rings (SSSR count). The molecular weight excluding hydrogens is 324 g/mol. The lowest BCUT2D eigenvalue weighted by atomic mass is 10.3. The van der Waals surface area contributed by atoms with E-state index in [0.717, 1.165) is 47.2 Å². The van der Waals surface area contributed by atoms with E-state index < -0.39 is 0 Å². The lowest BCUT2D eigenvalue weighted by molar-refractivity contribution is 0.0996. The SMILES string of the molecule is CN1CCN(c2nc3ccc(NC(=O)c4ccco4)cc3s2)CC1. The highest BCUT2D eigenvalue weighted by atomic mass is 32.1. The number of carbonyl (C=O) groups is 1. The molecule has 3 aromatic rings. The Kier molecular flexibility index (Phi) is 3.95. The summed E-state index contributed by atoms with van der Waals surface area (Å²) in [6.07, 6.45) is 1.49. The van der Waals surface area contributed by atoms with Crippen molar-refractivity contribution in [2.45, 2.75) is 0 Å². The number of hydrogen-bond acceptors (Lipinski definition) is 6. The van der Waals surface area contributed by atoms with Crippen molar-refractivity contribution >= 4 is 38.3 Å². The average molecular weight is 342 g/mol. The summed E-state index contributed by atoms with van der Waals surface area (Å²) in [6, 6.07) is 9.13. The van der Waals surface area contributed by atoms with E-state index in [0.29, 0.717) is 5.76 Å². The van der Waals surface area contributed by atoms with Crippen LogP contribution < -0.4 is 10.2 Å². The van der Waals surface area contributed by atoms with E-state index in [4.69, 9.17) is 9.40 Å². The van der Waals surface area contributed by atoms with E-state index in [1.165, 1.54) is 6.26 Å². The van der Waals surface area contributed by atoms with Gasteiger partial charge < -0.3 is 19.5 Å². The second-order valence-corrected chi connectivity index (χ2v) is 6.91. The van der Waals surface area contributed by atoms with Crippen LogP contribution in [0.25, 0.3) is 10.2 Å². The van der Waals surface area contributed by atoms with E-state index in [-0.39, 0.29) is 5.91 Å². The van der Waals surface area contributed by atoms with Crippen molar-refractivity contribution in [3.05, 3.63) is 42.4 Å². The van der Waals surface area contributed by atoms with Crippen molar-refractivity contribution in [2.24, 2.45) is 0 Å². The van der Waals surface area contributed by atoms with Crippen LogP contribution in [0.2, 0.25) is 0 Å². The Bertz CT molecular complexity index is 851. The average Bonchev–Trinajstić information content (AvgIpc) is 3.24. The highest BCUT2D eigenvalue weighted by Gasteiger charge is 2.18. The maximum absolute atomic E-state index is 12.1. The number of furan rings is 1. The molecule has 0 bridgehead atoms. The molecule has 124 valence electrons. The number of amides is 1. The van der Waals surface area contributed by atoms with E-state index in [1.54, 1.807) is 23.5 Å². The standard InChI is InChI=1S/C17H18N4O2S/c1-20-6-8-21(9-7-20)17-19-13-5-4-12(11-15(13)24-17)18-16(22)14-3-2-10-23-14/h2-5,10-11H,6-9H2,1H3,(H,18,22). The van der Waals surface area contributed by atoms with Gasteiger partial charge in [-0.1, -0.05) is 11.3 Å². The largest absolute Gasteiger partial charge is 0.459 e. The summed E-state index contributed by atoms with van der Waals surface area (Å²) in [7, 11) is 2.14. The van der Waals surface area contributed by atoms with Crippen LogP contribution in [0.3, 0.4) is 0 Å². The molecule has 1 aliphatic rings. The third kappa shape index (κ3) is 3.00. The number of nitrogens with one attached hydrogen (secondary N) is 1. The van der Waals surface area contributed by atoms with Gasteiger partial charge in [0, 0.05) is 31.9 Å². The second-order valence-electron chi connectivity index (χ2n) is 5.90. The molecule has 1 aliphatic heterocycles.